The van der Waals surface area contributed by atoms with Gasteiger partial charge in [0, 0.05) is 4.47 Å². The summed E-state index contributed by atoms with van der Waals surface area (Å²) in [6.07, 6.45) is 3.89. The lowest BCUT2D eigenvalue weighted by atomic mass is 9.93. The van der Waals surface area contributed by atoms with Crippen molar-refractivity contribution in [3.63, 3.8) is 0 Å². The fourth-order valence-electron chi connectivity index (χ4n) is 1.77. The number of aliphatic carboxylic acids is 1. The SMILES string of the molecule is CCCCCC(C(=O)O)c1ccccc1Br. The predicted molar refractivity (Wildman–Crippen MR) is 68.7 cm³/mol. The van der Waals surface area contributed by atoms with Gasteiger partial charge in [0.25, 0.3) is 0 Å². The highest BCUT2D eigenvalue weighted by atomic mass is 79.9. The van der Waals surface area contributed by atoms with Crippen LogP contribution in [0.2, 0.25) is 0 Å². The van der Waals surface area contributed by atoms with Gasteiger partial charge in [0.2, 0.25) is 0 Å². The molecule has 0 aromatic heterocycles. The Morgan fingerprint density at radius 3 is 2.62 bits per heavy atom. The van der Waals surface area contributed by atoms with Gasteiger partial charge in [0.15, 0.2) is 0 Å². The second-order valence-corrected chi connectivity index (χ2v) is 4.76. The van der Waals surface area contributed by atoms with E-state index < -0.39 is 5.97 Å². The Balaban J connectivity index is 2.78. The Kier molecular flexibility index (Phi) is 5.53. The van der Waals surface area contributed by atoms with Gasteiger partial charge in [-0.1, -0.05) is 60.3 Å². The monoisotopic (exact) mass is 284 g/mol. The molecule has 0 bridgehead atoms. The summed E-state index contributed by atoms with van der Waals surface area (Å²) < 4.78 is 0.888. The predicted octanol–water partition coefficient (Wildman–Crippen LogP) is 4.20. The summed E-state index contributed by atoms with van der Waals surface area (Å²) in [6.45, 7) is 2.12. The van der Waals surface area contributed by atoms with Crippen LogP contribution in [0.4, 0.5) is 0 Å². The number of hydrogen-bond acceptors (Lipinski definition) is 1. The van der Waals surface area contributed by atoms with Crippen LogP contribution in [0.1, 0.15) is 44.1 Å². The first-order valence-electron chi connectivity index (χ1n) is 5.64. The third-order valence-electron chi connectivity index (χ3n) is 2.68. The van der Waals surface area contributed by atoms with Gasteiger partial charge in [0.1, 0.15) is 0 Å². The smallest absolute Gasteiger partial charge is 0.311 e. The van der Waals surface area contributed by atoms with E-state index in [1.54, 1.807) is 0 Å². The zero-order valence-electron chi connectivity index (χ0n) is 9.45. The number of halogens is 1. The zero-order chi connectivity index (χ0) is 12.0. The average molecular weight is 285 g/mol. The molecule has 1 unspecified atom stereocenters. The number of carboxylic acids is 1. The Bertz CT molecular complexity index is 350. The van der Waals surface area contributed by atoms with Crippen molar-refractivity contribution in [2.24, 2.45) is 0 Å². The molecule has 1 rings (SSSR count). The summed E-state index contributed by atoms with van der Waals surface area (Å²) in [4.78, 5) is 11.2. The Morgan fingerprint density at radius 2 is 2.06 bits per heavy atom. The van der Waals surface area contributed by atoms with Crippen LogP contribution in [0.25, 0.3) is 0 Å². The lowest BCUT2D eigenvalue weighted by molar-refractivity contribution is -0.139. The molecule has 16 heavy (non-hydrogen) atoms. The third kappa shape index (κ3) is 3.63. The topological polar surface area (TPSA) is 37.3 Å². The van der Waals surface area contributed by atoms with E-state index in [2.05, 4.69) is 22.9 Å². The molecule has 0 spiro atoms. The van der Waals surface area contributed by atoms with Crippen molar-refractivity contribution in [1.82, 2.24) is 0 Å². The highest BCUT2D eigenvalue weighted by molar-refractivity contribution is 9.10. The molecular weight excluding hydrogens is 268 g/mol. The van der Waals surface area contributed by atoms with E-state index in [4.69, 9.17) is 0 Å². The largest absolute Gasteiger partial charge is 0.481 e. The number of carboxylic acid groups (broad SMARTS) is 1. The standard InChI is InChI=1S/C13H17BrO2/c1-2-3-4-8-11(13(15)16)10-7-5-6-9-12(10)14/h5-7,9,11H,2-4,8H2,1H3,(H,15,16). The van der Waals surface area contributed by atoms with Gasteiger partial charge < -0.3 is 5.11 Å². The van der Waals surface area contributed by atoms with Crippen LogP contribution in [-0.4, -0.2) is 11.1 Å². The van der Waals surface area contributed by atoms with Gasteiger partial charge in [-0.25, -0.2) is 0 Å². The van der Waals surface area contributed by atoms with Crippen LogP contribution in [0.15, 0.2) is 28.7 Å². The van der Waals surface area contributed by atoms with Gasteiger partial charge in [-0.2, -0.15) is 0 Å². The molecule has 0 radical (unpaired) electrons. The Labute approximate surface area is 105 Å². The molecule has 1 atom stereocenters. The minimum atomic E-state index is -0.733. The summed E-state index contributed by atoms with van der Waals surface area (Å²) >= 11 is 3.41. The van der Waals surface area contributed by atoms with Crippen molar-refractivity contribution in [1.29, 1.82) is 0 Å². The highest BCUT2D eigenvalue weighted by Crippen LogP contribution is 2.29. The van der Waals surface area contributed by atoms with Crippen molar-refractivity contribution >= 4 is 21.9 Å². The van der Waals surface area contributed by atoms with Crippen LogP contribution >= 0.6 is 15.9 Å². The van der Waals surface area contributed by atoms with Gasteiger partial charge in [-0.3, -0.25) is 4.79 Å². The number of unbranched alkanes of at least 4 members (excludes halogenated alkanes) is 2. The molecule has 0 heterocycles. The second-order valence-electron chi connectivity index (χ2n) is 3.91. The summed E-state index contributed by atoms with van der Waals surface area (Å²) in [5.41, 5.74) is 0.881. The van der Waals surface area contributed by atoms with Crippen LogP contribution in [0.5, 0.6) is 0 Å². The first-order chi connectivity index (χ1) is 7.66. The van der Waals surface area contributed by atoms with Gasteiger partial charge in [0.05, 0.1) is 5.92 Å². The Morgan fingerprint density at radius 1 is 1.38 bits per heavy atom. The molecule has 3 heteroatoms. The first kappa shape index (κ1) is 13.2. The lowest BCUT2D eigenvalue weighted by Crippen LogP contribution is -2.12. The molecular formula is C13H17BrO2. The first-order valence-corrected chi connectivity index (χ1v) is 6.43. The number of hydrogen-bond donors (Lipinski definition) is 1. The average Bonchev–Trinajstić information content (AvgIpc) is 2.25. The van der Waals surface area contributed by atoms with E-state index in [0.717, 1.165) is 29.3 Å². The van der Waals surface area contributed by atoms with Crippen molar-refractivity contribution in [2.75, 3.05) is 0 Å². The maximum Gasteiger partial charge on any atom is 0.311 e. The van der Waals surface area contributed by atoms with Crippen LogP contribution in [0, 0.1) is 0 Å². The van der Waals surface area contributed by atoms with Crippen molar-refractivity contribution in [3.8, 4) is 0 Å². The van der Waals surface area contributed by atoms with E-state index >= 15 is 0 Å². The van der Waals surface area contributed by atoms with E-state index in [-0.39, 0.29) is 5.92 Å². The minimum absolute atomic E-state index is 0.387. The fraction of sp³-hybridized carbons (Fsp3) is 0.462. The summed E-state index contributed by atoms with van der Waals surface area (Å²) in [7, 11) is 0. The summed E-state index contributed by atoms with van der Waals surface area (Å²) in [5, 5.41) is 9.23. The molecule has 88 valence electrons. The molecule has 1 aromatic rings. The third-order valence-corrected chi connectivity index (χ3v) is 3.40. The number of rotatable bonds is 6. The molecule has 0 saturated heterocycles. The normalized spacial score (nSPS) is 12.4. The van der Waals surface area contributed by atoms with Crippen LogP contribution in [0.3, 0.4) is 0 Å². The van der Waals surface area contributed by atoms with Gasteiger partial charge in [-0.05, 0) is 18.1 Å². The fourth-order valence-corrected chi connectivity index (χ4v) is 2.33. The lowest BCUT2D eigenvalue weighted by Gasteiger charge is -2.14. The maximum atomic E-state index is 11.2. The molecule has 0 saturated carbocycles. The zero-order valence-corrected chi connectivity index (χ0v) is 11.0. The summed E-state index contributed by atoms with van der Waals surface area (Å²) in [5.74, 6) is -1.12. The molecule has 1 N–H and O–H groups in total. The molecule has 2 nitrogen and oxygen atoms in total. The number of carbonyl (C=O) groups is 1. The molecule has 1 aromatic carbocycles. The molecule has 0 fully saturated rings. The maximum absolute atomic E-state index is 11.2. The molecule has 0 aliphatic heterocycles. The Hall–Kier alpha value is -0.830. The van der Waals surface area contributed by atoms with Crippen LogP contribution in [-0.2, 0) is 4.79 Å². The van der Waals surface area contributed by atoms with E-state index in [0.29, 0.717) is 6.42 Å². The quantitative estimate of drug-likeness (QED) is 0.795. The second kappa shape index (κ2) is 6.69. The molecule has 0 aliphatic rings. The van der Waals surface area contributed by atoms with Gasteiger partial charge in [-0.15, -0.1) is 0 Å². The van der Waals surface area contributed by atoms with Crippen LogP contribution < -0.4 is 0 Å². The van der Waals surface area contributed by atoms with Crippen molar-refractivity contribution in [2.45, 2.75) is 38.5 Å². The van der Waals surface area contributed by atoms with E-state index in [9.17, 15) is 9.90 Å². The van der Waals surface area contributed by atoms with Crippen molar-refractivity contribution in [3.05, 3.63) is 34.3 Å². The van der Waals surface area contributed by atoms with E-state index in [1.807, 2.05) is 24.3 Å². The summed E-state index contributed by atoms with van der Waals surface area (Å²) in [6, 6.07) is 7.56. The number of benzene rings is 1. The molecule has 0 aliphatic carbocycles. The minimum Gasteiger partial charge on any atom is -0.481 e. The highest BCUT2D eigenvalue weighted by Gasteiger charge is 2.20. The molecule has 0 amide bonds. The van der Waals surface area contributed by atoms with Crippen molar-refractivity contribution < 1.29 is 9.90 Å². The van der Waals surface area contributed by atoms with E-state index in [1.165, 1.54) is 0 Å². The van der Waals surface area contributed by atoms with Gasteiger partial charge >= 0.3 is 5.97 Å².